The van der Waals surface area contributed by atoms with Gasteiger partial charge in [0.2, 0.25) is 0 Å². The van der Waals surface area contributed by atoms with Crippen molar-refractivity contribution in [2.45, 2.75) is 26.3 Å². The van der Waals surface area contributed by atoms with Crippen LogP contribution in [0.25, 0.3) is 0 Å². The molecular weight excluding hydrogens is 330 g/mol. The predicted octanol–water partition coefficient (Wildman–Crippen LogP) is 3.99. The van der Waals surface area contributed by atoms with Gasteiger partial charge in [0.15, 0.2) is 0 Å². The summed E-state index contributed by atoms with van der Waals surface area (Å²) in [4.78, 5) is 14.4. The Kier molecular flexibility index (Phi) is 6.83. The molecule has 0 bridgehead atoms. The molecule has 0 aliphatic heterocycles. The molecule has 1 rings (SSSR count). The van der Waals surface area contributed by atoms with Gasteiger partial charge in [-0.25, -0.2) is 0 Å². The van der Waals surface area contributed by atoms with Crippen molar-refractivity contribution in [1.82, 2.24) is 4.90 Å². The van der Waals surface area contributed by atoms with E-state index >= 15 is 0 Å². The summed E-state index contributed by atoms with van der Waals surface area (Å²) < 4.78 is 5.88. The molecule has 0 heterocycles. The standard InChI is InChI=1S/C14H19BrClNO2/c1-4-10(2)17(5-6-19-3)14(18)11-7-12(15)9-13(16)8-11/h7-10H,4-6H2,1-3H3. The van der Waals surface area contributed by atoms with Crippen molar-refractivity contribution >= 4 is 33.4 Å². The van der Waals surface area contributed by atoms with E-state index in [1.54, 1.807) is 25.3 Å². The molecule has 0 spiro atoms. The van der Waals surface area contributed by atoms with E-state index in [2.05, 4.69) is 22.9 Å². The zero-order valence-electron chi connectivity index (χ0n) is 11.5. The van der Waals surface area contributed by atoms with Crippen molar-refractivity contribution in [3.05, 3.63) is 33.3 Å². The average Bonchev–Trinajstić information content (AvgIpc) is 2.37. The Labute approximate surface area is 128 Å². The third kappa shape index (κ3) is 4.79. The van der Waals surface area contributed by atoms with E-state index in [1.165, 1.54) is 0 Å². The predicted molar refractivity (Wildman–Crippen MR) is 81.8 cm³/mol. The fourth-order valence-corrected chi connectivity index (χ4v) is 2.64. The molecule has 0 aromatic heterocycles. The van der Waals surface area contributed by atoms with Crippen LogP contribution in [0.15, 0.2) is 22.7 Å². The Balaban J connectivity index is 2.97. The topological polar surface area (TPSA) is 29.5 Å². The van der Waals surface area contributed by atoms with Gasteiger partial charge in [0.05, 0.1) is 6.61 Å². The monoisotopic (exact) mass is 347 g/mol. The van der Waals surface area contributed by atoms with Crippen LogP contribution >= 0.6 is 27.5 Å². The maximum atomic E-state index is 12.5. The normalized spacial score (nSPS) is 12.3. The van der Waals surface area contributed by atoms with Crippen LogP contribution in [-0.2, 0) is 4.74 Å². The summed E-state index contributed by atoms with van der Waals surface area (Å²) in [6.45, 7) is 5.20. The summed E-state index contributed by atoms with van der Waals surface area (Å²) in [5.41, 5.74) is 0.593. The van der Waals surface area contributed by atoms with Crippen LogP contribution in [0, 0.1) is 0 Å². The highest BCUT2D eigenvalue weighted by Gasteiger charge is 2.20. The zero-order chi connectivity index (χ0) is 14.4. The first-order valence-corrected chi connectivity index (χ1v) is 7.42. The quantitative estimate of drug-likeness (QED) is 0.778. The molecule has 0 N–H and O–H groups in total. The number of halogens is 2. The lowest BCUT2D eigenvalue weighted by molar-refractivity contribution is 0.0614. The van der Waals surface area contributed by atoms with E-state index in [0.717, 1.165) is 10.9 Å². The minimum Gasteiger partial charge on any atom is -0.383 e. The molecule has 1 atom stereocenters. The van der Waals surface area contributed by atoms with Gasteiger partial charge in [-0.1, -0.05) is 34.5 Å². The van der Waals surface area contributed by atoms with Crippen molar-refractivity contribution < 1.29 is 9.53 Å². The number of ether oxygens (including phenoxy) is 1. The van der Waals surface area contributed by atoms with Crippen LogP contribution in [-0.4, -0.2) is 37.1 Å². The van der Waals surface area contributed by atoms with Crippen molar-refractivity contribution in [1.29, 1.82) is 0 Å². The number of benzene rings is 1. The minimum atomic E-state index is -0.0189. The molecule has 1 aromatic rings. The molecule has 1 amide bonds. The smallest absolute Gasteiger partial charge is 0.254 e. The third-order valence-corrected chi connectivity index (χ3v) is 3.71. The van der Waals surface area contributed by atoms with E-state index in [1.807, 2.05) is 11.8 Å². The highest BCUT2D eigenvalue weighted by Crippen LogP contribution is 2.21. The van der Waals surface area contributed by atoms with Crippen molar-refractivity contribution in [3.63, 3.8) is 0 Å². The second-order valence-corrected chi connectivity index (χ2v) is 5.76. The lowest BCUT2D eigenvalue weighted by Crippen LogP contribution is -2.40. The average molecular weight is 349 g/mol. The van der Waals surface area contributed by atoms with Gasteiger partial charge < -0.3 is 9.64 Å². The molecule has 1 aromatic carbocycles. The number of carbonyl (C=O) groups excluding carboxylic acids is 1. The minimum absolute atomic E-state index is 0.0189. The Morgan fingerprint density at radius 3 is 2.68 bits per heavy atom. The fraction of sp³-hybridized carbons (Fsp3) is 0.500. The van der Waals surface area contributed by atoms with E-state index in [4.69, 9.17) is 16.3 Å². The van der Waals surface area contributed by atoms with Gasteiger partial charge in [-0.05, 0) is 31.5 Å². The summed E-state index contributed by atoms with van der Waals surface area (Å²) in [5.74, 6) is -0.0189. The molecule has 5 heteroatoms. The molecule has 3 nitrogen and oxygen atoms in total. The summed E-state index contributed by atoms with van der Waals surface area (Å²) in [5, 5.41) is 0.550. The maximum Gasteiger partial charge on any atom is 0.254 e. The van der Waals surface area contributed by atoms with Crippen LogP contribution < -0.4 is 0 Å². The second-order valence-electron chi connectivity index (χ2n) is 4.41. The third-order valence-electron chi connectivity index (χ3n) is 3.03. The largest absolute Gasteiger partial charge is 0.383 e. The molecule has 0 fully saturated rings. The molecular formula is C14H19BrClNO2. The number of nitrogens with zero attached hydrogens (tertiary/aromatic N) is 1. The number of amides is 1. The number of hydrogen-bond acceptors (Lipinski definition) is 2. The lowest BCUT2D eigenvalue weighted by atomic mass is 10.1. The van der Waals surface area contributed by atoms with Gasteiger partial charge in [0, 0.05) is 34.8 Å². The summed E-state index contributed by atoms with van der Waals surface area (Å²) >= 11 is 9.35. The van der Waals surface area contributed by atoms with E-state index in [0.29, 0.717) is 23.7 Å². The Hall–Kier alpha value is -0.580. The molecule has 106 valence electrons. The van der Waals surface area contributed by atoms with E-state index in [-0.39, 0.29) is 11.9 Å². The van der Waals surface area contributed by atoms with Gasteiger partial charge in [-0.3, -0.25) is 4.79 Å². The maximum absolute atomic E-state index is 12.5. The van der Waals surface area contributed by atoms with Crippen LogP contribution in [0.1, 0.15) is 30.6 Å². The SMILES string of the molecule is CCC(C)N(CCOC)C(=O)c1cc(Cl)cc(Br)c1. The van der Waals surface area contributed by atoms with Crippen LogP contribution in [0.4, 0.5) is 0 Å². The van der Waals surface area contributed by atoms with Gasteiger partial charge in [0.1, 0.15) is 0 Å². The first kappa shape index (κ1) is 16.5. The van der Waals surface area contributed by atoms with Crippen LogP contribution in [0.2, 0.25) is 5.02 Å². The molecule has 1 unspecified atom stereocenters. The zero-order valence-corrected chi connectivity index (χ0v) is 13.8. The van der Waals surface area contributed by atoms with Crippen molar-refractivity contribution in [3.8, 4) is 0 Å². The number of carbonyl (C=O) groups is 1. The van der Waals surface area contributed by atoms with Crippen molar-refractivity contribution in [2.24, 2.45) is 0 Å². The van der Waals surface area contributed by atoms with Gasteiger partial charge >= 0.3 is 0 Å². The number of rotatable bonds is 6. The fourth-order valence-electron chi connectivity index (χ4n) is 1.78. The van der Waals surface area contributed by atoms with E-state index in [9.17, 15) is 4.79 Å². The Bertz CT molecular complexity index is 419. The Morgan fingerprint density at radius 2 is 2.16 bits per heavy atom. The second kappa shape index (κ2) is 7.88. The van der Waals surface area contributed by atoms with Crippen LogP contribution in [0.3, 0.4) is 0 Å². The van der Waals surface area contributed by atoms with E-state index < -0.39 is 0 Å². The highest BCUT2D eigenvalue weighted by atomic mass is 79.9. The van der Waals surface area contributed by atoms with Crippen LogP contribution in [0.5, 0.6) is 0 Å². The highest BCUT2D eigenvalue weighted by molar-refractivity contribution is 9.10. The van der Waals surface area contributed by atoms with Crippen molar-refractivity contribution in [2.75, 3.05) is 20.3 Å². The van der Waals surface area contributed by atoms with Gasteiger partial charge in [-0.2, -0.15) is 0 Å². The molecule has 0 aliphatic rings. The molecule has 0 aliphatic carbocycles. The van der Waals surface area contributed by atoms with Gasteiger partial charge in [-0.15, -0.1) is 0 Å². The first-order chi connectivity index (χ1) is 8.99. The number of methoxy groups -OCH3 is 1. The molecule has 0 radical (unpaired) electrons. The summed E-state index contributed by atoms with van der Waals surface area (Å²) in [6.07, 6.45) is 0.900. The Morgan fingerprint density at radius 1 is 1.47 bits per heavy atom. The molecule has 19 heavy (non-hydrogen) atoms. The summed E-state index contributed by atoms with van der Waals surface area (Å²) in [7, 11) is 1.63. The lowest BCUT2D eigenvalue weighted by Gasteiger charge is -2.28. The first-order valence-electron chi connectivity index (χ1n) is 6.25. The molecule has 0 saturated carbocycles. The summed E-state index contributed by atoms with van der Waals surface area (Å²) in [6, 6.07) is 5.41. The molecule has 0 saturated heterocycles. The number of hydrogen-bond donors (Lipinski definition) is 0. The van der Waals surface area contributed by atoms with Gasteiger partial charge in [0.25, 0.3) is 5.91 Å².